The summed E-state index contributed by atoms with van der Waals surface area (Å²) in [7, 11) is -3.70. The van der Waals surface area contributed by atoms with E-state index in [1.807, 2.05) is 18.2 Å². The minimum atomic E-state index is -3.70. The van der Waals surface area contributed by atoms with Gasteiger partial charge in [-0.2, -0.15) is 4.31 Å². The van der Waals surface area contributed by atoms with Crippen LogP contribution in [-0.2, 0) is 10.0 Å². The van der Waals surface area contributed by atoms with E-state index in [1.54, 1.807) is 42.9 Å². The van der Waals surface area contributed by atoms with E-state index < -0.39 is 10.0 Å². The van der Waals surface area contributed by atoms with Gasteiger partial charge in [-0.15, -0.1) is 10.2 Å². The van der Waals surface area contributed by atoms with Crippen molar-refractivity contribution in [2.45, 2.75) is 23.7 Å². The molecule has 0 radical (unpaired) electrons. The summed E-state index contributed by atoms with van der Waals surface area (Å²) in [5, 5.41) is 9.09. The first-order chi connectivity index (χ1) is 14.6. The van der Waals surface area contributed by atoms with Crippen LogP contribution in [0.25, 0.3) is 22.4 Å². The summed E-state index contributed by atoms with van der Waals surface area (Å²) in [4.78, 5) is 8.59. The largest absolute Gasteiger partial charge is 0.420 e. The van der Waals surface area contributed by atoms with E-state index in [2.05, 4.69) is 20.2 Å². The zero-order valence-corrected chi connectivity index (χ0v) is 16.9. The second kappa shape index (κ2) is 7.58. The van der Waals surface area contributed by atoms with Crippen molar-refractivity contribution in [2.75, 3.05) is 13.1 Å². The van der Waals surface area contributed by atoms with Crippen molar-refractivity contribution < 1.29 is 12.8 Å². The maximum absolute atomic E-state index is 13.4. The Morgan fingerprint density at radius 3 is 2.77 bits per heavy atom. The summed E-state index contributed by atoms with van der Waals surface area (Å²) in [6.45, 7) is 0.742. The highest BCUT2D eigenvalue weighted by atomic mass is 32.2. The molecule has 3 aromatic heterocycles. The molecule has 0 N–H and O–H groups in total. The number of benzene rings is 1. The molecule has 0 saturated carbocycles. The van der Waals surface area contributed by atoms with Crippen molar-refractivity contribution in [1.82, 2.24) is 24.5 Å². The quantitative estimate of drug-likeness (QED) is 0.498. The highest BCUT2D eigenvalue weighted by molar-refractivity contribution is 7.89. The molecule has 152 valence electrons. The van der Waals surface area contributed by atoms with Gasteiger partial charge in [-0.05, 0) is 37.1 Å². The summed E-state index contributed by atoms with van der Waals surface area (Å²) < 4.78 is 34.2. The van der Waals surface area contributed by atoms with Crippen molar-refractivity contribution in [3.63, 3.8) is 0 Å². The van der Waals surface area contributed by atoms with Gasteiger partial charge in [0.15, 0.2) is 0 Å². The summed E-state index contributed by atoms with van der Waals surface area (Å²) in [5.41, 5.74) is 1.22. The van der Waals surface area contributed by atoms with Gasteiger partial charge in [-0.3, -0.25) is 9.97 Å². The minimum absolute atomic E-state index is 0.158. The lowest BCUT2D eigenvalue weighted by Gasteiger charge is -2.30. The normalized spacial score (nSPS) is 17.9. The number of para-hydroxylation sites is 1. The number of sulfonamides is 1. The molecule has 4 aromatic rings. The molecule has 1 aliphatic rings. The molecule has 9 heteroatoms. The fraction of sp³-hybridized carbons (Fsp3) is 0.238. The number of hydrogen-bond acceptors (Lipinski definition) is 7. The number of pyridine rings is 2. The molecule has 5 rings (SSSR count). The summed E-state index contributed by atoms with van der Waals surface area (Å²) in [5.74, 6) is 0.676. The Balaban J connectivity index is 1.43. The molecule has 1 saturated heterocycles. The molecular formula is C21H19N5O3S. The Bertz CT molecular complexity index is 1290. The first-order valence-corrected chi connectivity index (χ1v) is 11.1. The van der Waals surface area contributed by atoms with Gasteiger partial charge in [0.05, 0.1) is 17.0 Å². The van der Waals surface area contributed by atoms with Gasteiger partial charge in [0.2, 0.25) is 21.8 Å². The second-order valence-corrected chi connectivity index (χ2v) is 9.13. The van der Waals surface area contributed by atoms with Crippen LogP contribution in [0.3, 0.4) is 0 Å². The predicted octanol–water partition coefficient (Wildman–Crippen LogP) is 3.25. The Morgan fingerprint density at radius 1 is 1.03 bits per heavy atom. The predicted molar refractivity (Wildman–Crippen MR) is 110 cm³/mol. The minimum Gasteiger partial charge on any atom is -0.420 e. The Morgan fingerprint density at radius 2 is 1.90 bits per heavy atom. The molecule has 1 aliphatic heterocycles. The first kappa shape index (κ1) is 18.8. The van der Waals surface area contributed by atoms with Crippen LogP contribution in [0.1, 0.15) is 24.7 Å². The molecule has 0 bridgehead atoms. The molecule has 1 atom stereocenters. The van der Waals surface area contributed by atoms with E-state index in [-0.39, 0.29) is 10.8 Å². The summed E-state index contributed by atoms with van der Waals surface area (Å²) in [6, 6.07) is 12.5. The standard InChI is InChI=1S/C21H19N5O3S/c27-30(28,18-9-1-5-15-6-3-11-23-19(15)18)26-12-4-8-17(14-26)21-25-24-20(29-21)16-7-2-10-22-13-16/h1-3,5-7,9-11,13,17H,4,8,12,14H2/t17-/m0/s1. The first-order valence-electron chi connectivity index (χ1n) is 9.70. The summed E-state index contributed by atoms with van der Waals surface area (Å²) >= 11 is 0. The summed E-state index contributed by atoms with van der Waals surface area (Å²) in [6.07, 6.45) is 6.44. The van der Waals surface area contributed by atoms with Crippen LogP contribution < -0.4 is 0 Å². The van der Waals surface area contributed by atoms with Crippen molar-refractivity contribution in [3.05, 3.63) is 66.9 Å². The Kier molecular flexibility index (Phi) is 4.76. The van der Waals surface area contributed by atoms with E-state index in [0.29, 0.717) is 36.8 Å². The number of fused-ring (bicyclic) bond motifs is 1. The maximum Gasteiger partial charge on any atom is 0.249 e. The molecule has 30 heavy (non-hydrogen) atoms. The lowest BCUT2D eigenvalue weighted by Crippen LogP contribution is -2.39. The molecule has 4 heterocycles. The van der Waals surface area contributed by atoms with E-state index in [0.717, 1.165) is 17.4 Å². The van der Waals surface area contributed by atoms with Crippen LogP contribution in [0.2, 0.25) is 0 Å². The van der Waals surface area contributed by atoms with Gasteiger partial charge in [-0.25, -0.2) is 8.42 Å². The molecule has 0 unspecified atom stereocenters. The number of nitrogens with zero attached hydrogens (tertiary/aromatic N) is 5. The number of aromatic nitrogens is 4. The van der Waals surface area contributed by atoms with Crippen LogP contribution in [0, 0.1) is 0 Å². The average Bonchev–Trinajstić information content (AvgIpc) is 3.30. The third-order valence-electron chi connectivity index (χ3n) is 5.30. The fourth-order valence-corrected chi connectivity index (χ4v) is 5.48. The van der Waals surface area contributed by atoms with Gasteiger partial charge >= 0.3 is 0 Å². The zero-order chi connectivity index (χ0) is 20.6. The smallest absolute Gasteiger partial charge is 0.249 e. The number of piperidine rings is 1. The van der Waals surface area contributed by atoms with E-state index >= 15 is 0 Å². The highest BCUT2D eigenvalue weighted by Crippen LogP contribution is 2.32. The molecule has 8 nitrogen and oxygen atoms in total. The number of rotatable bonds is 4. The van der Waals surface area contributed by atoms with Crippen LogP contribution >= 0.6 is 0 Å². The molecule has 0 amide bonds. The molecular weight excluding hydrogens is 402 g/mol. The van der Waals surface area contributed by atoms with Gasteiger partial charge in [0.25, 0.3) is 0 Å². The lowest BCUT2D eigenvalue weighted by molar-refractivity contribution is 0.286. The monoisotopic (exact) mass is 421 g/mol. The number of hydrogen-bond donors (Lipinski definition) is 0. The van der Waals surface area contributed by atoms with Crippen LogP contribution in [0.5, 0.6) is 0 Å². The molecule has 1 aromatic carbocycles. The average molecular weight is 421 g/mol. The molecule has 0 spiro atoms. The van der Waals surface area contributed by atoms with Crippen molar-refractivity contribution in [2.24, 2.45) is 0 Å². The molecule has 0 aliphatic carbocycles. The van der Waals surface area contributed by atoms with Gasteiger partial charge in [-0.1, -0.05) is 18.2 Å². The zero-order valence-electron chi connectivity index (χ0n) is 16.0. The van der Waals surface area contributed by atoms with Crippen molar-refractivity contribution >= 4 is 20.9 Å². The van der Waals surface area contributed by atoms with Crippen molar-refractivity contribution in [1.29, 1.82) is 0 Å². The Labute approximate surface area is 173 Å². The van der Waals surface area contributed by atoms with Crippen LogP contribution in [0.15, 0.2) is 70.4 Å². The second-order valence-electron chi connectivity index (χ2n) is 7.22. The molecule has 1 fully saturated rings. The van der Waals surface area contributed by atoms with Crippen molar-refractivity contribution in [3.8, 4) is 11.5 Å². The lowest BCUT2D eigenvalue weighted by atomic mass is 10.00. The third kappa shape index (κ3) is 3.35. The van der Waals surface area contributed by atoms with E-state index in [4.69, 9.17) is 4.42 Å². The topological polar surface area (TPSA) is 102 Å². The highest BCUT2D eigenvalue weighted by Gasteiger charge is 2.34. The van der Waals surface area contributed by atoms with Gasteiger partial charge < -0.3 is 4.42 Å². The maximum atomic E-state index is 13.4. The van der Waals surface area contributed by atoms with Crippen LogP contribution in [0.4, 0.5) is 0 Å². The van der Waals surface area contributed by atoms with Gasteiger partial charge in [0.1, 0.15) is 4.90 Å². The fourth-order valence-electron chi connectivity index (χ4n) is 3.79. The van der Waals surface area contributed by atoms with E-state index in [9.17, 15) is 8.42 Å². The SMILES string of the molecule is O=S(=O)(c1cccc2cccnc12)N1CCC[C@H](c2nnc(-c3cccnc3)o2)C1. The van der Waals surface area contributed by atoms with Crippen LogP contribution in [-0.4, -0.2) is 46.0 Å². The van der Waals surface area contributed by atoms with Gasteiger partial charge in [0, 0.05) is 37.1 Å². The third-order valence-corrected chi connectivity index (χ3v) is 7.19. The van der Waals surface area contributed by atoms with E-state index in [1.165, 1.54) is 4.31 Å². The Hall–Kier alpha value is -3.17.